The average Bonchev–Trinajstić information content (AvgIpc) is 1.52. The maximum atomic E-state index is 15.3. The van der Waals surface area contributed by atoms with Crippen LogP contribution in [0.25, 0.3) is 55.0 Å². The first-order chi connectivity index (χ1) is 51.0. The van der Waals surface area contributed by atoms with Gasteiger partial charge in [-0.3, -0.25) is 56.5 Å². The van der Waals surface area contributed by atoms with Crippen molar-refractivity contribution in [2.45, 2.75) is 87.4 Å². The normalized spacial score (nSPS) is 17.9. The predicted octanol–water partition coefficient (Wildman–Crippen LogP) is 10.7. The van der Waals surface area contributed by atoms with Gasteiger partial charge in [0.15, 0.2) is 11.6 Å². The van der Waals surface area contributed by atoms with Gasteiger partial charge in [0.1, 0.15) is 70.8 Å². The summed E-state index contributed by atoms with van der Waals surface area (Å²) in [4.78, 5) is 66.1. The van der Waals surface area contributed by atoms with Gasteiger partial charge >= 0.3 is 0 Å². The van der Waals surface area contributed by atoms with Crippen molar-refractivity contribution in [1.82, 2.24) is 68.9 Å². The molecule has 6 heterocycles. The molecule has 4 aliphatic rings. The molecule has 0 bridgehead atoms. The number of hydrogen-bond donors (Lipinski definition) is 4. The summed E-state index contributed by atoms with van der Waals surface area (Å²) in [7, 11) is -4.59. The molecule has 560 valence electrons. The standard InChI is InChI=1S/2C35H28F6N8O4S/c2*1-47-29-20(32(45-47)46-54(2,52)53)7-5-9-25(29)49-33(43-23-8-4-3-6-19(23)34(49)51)24(12-16-10-17(36)13-18(37)11-16)42-26(50)15-48-30-27(28(44-48)31(38)39)21-14-22(21)35(30,40)41/h2*3-11,13,21-22,24,31H,12,14-15H2,1-2H3,(H,42,50)(H,45,46)/t21-,22+,24?;21-,22+,24-/m00/s1. The number of halogens is 12. The fourth-order valence-electron chi connectivity index (χ4n) is 15.0. The highest BCUT2D eigenvalue weighted by molar-refractivity contribution is 7.92. The number of para-hydroxylation sites is 4. The van der Waals surface area contributed by atoms with Crippen LogP contribution in [-0.2, 0) is 81.5 Å². The van der Waals surface area contributed by atoms with E-state index in [9.17, 15) is 71.1 Å². The molecule has 0 aliphatic heterocycles. The van der Waals surface area contributed by atoms with E-state index < -0.39 is 175 Å². The van der Waals surface area contributed by atoms with Crippen LogP contribution in [0.5, 0.6) is 0 Å². The summed E-state index contributed by atoms with van der Waals surface area (Å²) < 4.78 is 235. The molecule has 0 spiro atoms. The van der Waals surface area contributed by atoms with Crippen LogP contribution in [0.3, 0.4) is 0 Å². The largest absolute Gasteiger partial charge is 0.344 e. The van der Waals surface area contributed by atoms with Crippen LogP contribution < -0.4 is 31.2 Å². The van der Waals surface area contributed by atoms with Crippen molar-refractivity contribution in [3.05, 3.63) is 222 Å². The van der Waals surface area contributed by atoms with Crippen molar-refractivity contribution in [1.29, 1.82) is 0 Å². The third kappa shape index (κ3) is 13.0. The van der Waals surface area contributed by atoms with E-state index in [4.69, 9.17) is 9.97 Å². The Morgan fingerprint density at radius 3 is 1.21 bits per heavy atom. The second-order valence-corrected chi connectivity index (χ2v) is 30.4. The number of rotatable bonds is 20. The van der Waals surface area contributed by atoms with Crippen LogP contribution in [0.2, 0.25) is 0 Å². The number of carbonyl (C=O) groups is 2. The van der Waals surface area contributed by atoms with Gasteiger partial charge in [0.25, 0.3) is 35.8 Å². The molecule has 24 nitrogen and oxygen atoms in total. The summed E-state index contributed by atoms with van der Waals surface area (Å²) in [5.41, 5.74) is -3.92. The zero-order valence-corrected chi connectivity index (χ0v) is 58.0. The fraction of sp³-hybridized carbons (Fsp3) is 0.286. The number of alkyl halides is 8. The Hall–Kier alpha value is -11.4. The van der Waals surface area contributed by atoms with E-state index in [1.54, 1.807) is 36.4 Å². The van der Waals surface area contributed by atoms with Crippen molar-refractivity contribution in [2.24, 2.45) is 25.9 Å². The lowest BCUT2D eigenvalue weighted by atomic mass is 10.0. The maximum Gasteiger partial charge on any atom is 0.293 e. The molecule has 16 rings (SSSR count). The van der Waals surface area contributed by atoms with Gasteiger partial charge in [-0.2, -0.15) is 38.0 Å². The molecule has 0 saturated heterocycles. The number of nitrogens with zero attached hydrogens (tertiary/aromatic N) is 12. The number of benzene rings is 6. The molecule has 2 saturated carbocycles. The Morgan fingerprint density at radius 1 is 0.509 bits per heavy atom. The number of hydrogen-bond acceptors (Lipinski definition) is 14. The van der Waals surface area contributed by atoms with E-state index in [1.807, 2.05) is 0 Å². The lowest BCUT2D eigenvalue weighted by Crippen LogP contribution is -2.38. The quantitative estimate of drug-likeness (QED) is 0.0516. The SMILES string of the molecule is Cn1nc(NS(C)(=O)=O)c2cccc(-n3c(C(Cc4cc(F)cc(F)c4)NC(=O)Cn4nc(C(F)F)c5c4C(F)(F)[C@@H]4C[C@H]54)nc4ccccc4c3=O)c21.Cn1nc(NS(C)(=O)=O)c2cccc(-n3c([C@H](Cc4cc(F)cc(F)c4)NC(=O)Cn4nc(C(F)F)c5c4C(F)(F)[C@@H]4C[C@H]54)nc4ccccc4c3=O)c21. The molecule has 1 unspecified atom stereocenters. The fourth-order valence-corrected chi connectivity index (χ4v) is 16.0. The highest BCUT2D eigenvalue weighted by atomic mass is 32.2. The van der Waals surface area contributed by atoms with Crippen LogP contribution in [0, 0.1) is 35.1 Å². The summed E-state index contributed by atoms with van der Waals surface area (Å²) in [5.74, 6) is -17.2. The zero-order valence-electron chi connectivity index (χ0n) is 56.4. The molecule has 12 aromatic rings. The average molecular weight is 1540 g/mol. The minimum absolute atomic E-state index is 0.0109. The van der Waals surface area contributed by atoms with Crippen LogP contribution in [0.15, 0.2) is 131 Å². The highest BCUT2D eigenvalue weighted by Gasteiger charge is 2.68. The number of aryl methyl sites for hydroxylation is 2. The Labute approximate surface area is 601 Å². The van der Waals surface area contributed by atoms with Gasteiger partial charge in [0.2, 0.25) is 31.9 Å². The highest BCUT2D eigenvalue weighted by Crippen LogP contribution is 2.69. The van der Waals surface area contributed by atoms with Crippen molar-refractivity contribution in [3.8, 4) is 11.4 Å². The van der Waals surface area contributed by atoms with E-state index in [1.165, 1.54) is 72.0 Å². The predicted molar refractivity (Wildman–Crippen MR) is 366 cm³/mol. The van der Waals surface area contributed by atoms with E-state index in [2.05, 4.69) is 40.5 Å². The van der Waals surface area contributed by atoms with Gasteiger partial charge in [-0.15, -0.1) is 0 Å². The summed E-state index contributed by atoms with van der Waals surface area (Å²) in [6.07, 6.45) is -5.23. The number of fused-ring (bicyclic) bond motifs is 10. The first-order valence-electron chi connectivity index (χ1n) is 33.0. The van der Waals surface area contributed by atoms with Crippen LogP contribution >= 0.6 is 0 Å². The van der Waals surface area contributed by atoms with Crippen molar-refractivity contribution in [3.63, 3.8) is 0 Å². The molecule has 2 amide bonds. The van der Waals surface area contributed by atoms with E-state index in [0.29, 0.717) is 21.5 Å². The van der Waals surface area contributed by atoms with Gasteiger partial charge in [-0.25, -0.2) is 61.9 Å². The third-order valence-corrected chi connectivity index (χ3v) is 20.4. The molecular weight excluding hydrogens is 1480 g/mol. The second-order valence-electron chi connectivity index (χ2n) is 26.9. The Kier molecular flexibility index (Phi) is 17.5. The van der Waals surface area contributed by atoms with E-state index >= 15 is 17.6 Å². The van der Waals surface area contributed by atoms with Gasteiger partial charge < -0.3 is 10.6 Å². The van der Waals surface area contributed by atoms with Crippen LogP contribution in [0.1, 0.15) is 106 Å². The van der Waals surface area contributed by atoms with E-state index in [0.717, 1.165) is 45.9 Å². The molecule has 4 N–H and O–H groups in total. The second kappa shape index (κ2) is 26.2. The van der Waals surface area contributed by atoms with Gasteiger partial charge in [-0.05, 0) is 109 Å². The van der Waals surface area contributed by atoms with Crippen molar-refractivity contribution in [2.75, 3.05) is 22.0 Å². The van der Waals surface area contributed by atoms with Gasteiger partial charge in [0.05, 0.1) is 68.8 Å². The third-order valence-electron chi connectivity index (χ3n) is 19.3. The molecular formula is C70H56F12N16O8S2. The Bertz CT molecular complexity index is 5750. The molecule has 0 radical (unpaired) electrons. The number of aromatic nitrogens is 12. The van der Waals surface area contributed by atoms with Gasteiger partial charge in [-0.1, -0.05) is 36.4 Å². The molecule has 6 aromatic heterocycles. The summed E-state index contributed by atoms with van der Waals surface area (Å²) in [6.45, 7) is -1.87. The number of carbonyl (C=O) groups excluding carboxylic acids is 2. The van der Waals surface area contributed by atoms with E-state index in [-0.39, 0.29) is 113 Å². The number of nitrogens with one attached hydrogen (secondary N) is 4. The monoisotopic (exact) mass is 1540 g/mol. The van der Waals surface area contributed by atoms with Crippen LogP contribution in [0.4, 0.5) is 64.3 Å². The molecule has 2 fully saturated rings. The molecule has 6 aromatic carbocycles. The smallest absolute Gasteiger partial charge is 0.293 e. The summed E-state index contributed by atoms with van der Waals surface area (Å²) in [5, 5.41) is 22.1. The molecule has 108 heavy (non-hydrogen) atoms. The maximum absolute atomic E-state index is 15.3. The van der Waals surface area contributed by atoms with Crippen molar-refractivity contribution < 1.29 is 79.1 Å². The minimum atomic E-state index is -3.80. The molecule has 38 heteroatoms. The van der Waals surface area contributed by atoms with Crippen LogP contribution in [-0.4, -0.2) is 99.4 Å². The summed E-state index contributed by atoms with van der Waals surface area (Å²) >= 11 is 0. The first kappa shape index (κ1) is 72.1. The first-order valence-corrected chi connectivity index (χ1v) is 36.8. The molecule has 4 aliphatic carbocycles. The topological polar surface area (TPSA) is 292 Å². The van der Waals surface area contributed by atoms with Gasteiger partial charge in [0, 0.05) is 72.8 Å². The summed E-state index contributed by atoms with van der Waals surface area (Å²) in [6, 6.07) is 24.1. The Morgan fingerprint density at radius 2 is 0.861 bits per heavy atom. The lowest BCUT2D eigenvalue weighted by Gasteiger charge is -2.24. The zero-order chi connectivity index (χ0) is 76.9. The van der Waals surface area contributed by atoms with Crippen molar-refractivity contribution >= 4 is 87.1 Å². The number of amides is 2. The number of sulfonamides is 2. The minimum Gasteiger partial charge on any atom is -0.344 e. The molecule has 6 atom stereocenters. The Balaban J connectivity index is 0.000000172. The number of anilines is 2. The lowest BCUT2D eigenvalue weighted by molar-refractivity contribution is -0.123.